The van der Waals surface area contributed by atoms with Crippen molar-refractivity contribution in [3.63, 3.8) is 0 Å². The van der Waals surface area contributed by atoms with Crippen molar-refractivity contribution in [2.24, 2.45) is 5.92 Å². The lowest BCUT2D eigenvalue weighted by Crippen LogP contribution is -2.68. The maximum atomic E-state index is 13.8. The summed E-state index contributed by atoms with van der Waals surface area (Å²) in [7, 11) is 5.76. The summed E-state index contributed by atoms with van der Waals surface area (Å²) in [6, 6.07) is 12.5. The van der Waals surface area contributed by atoms with E-state index in [4.69, 9.17) is 10.00 Å². The molecule has 2 heterocycles. The molecule has 0 bridgehead atoms. The van der Waals surface area contributed by atoms with Crippen LogP contribution in [-0.2, 0) is 5.54 Å². The van der Waals surface area contributed by atoms with Crippen LogP contribution in [0.15, 0.2) is 36.5 Å². The number of urea groups is 1. The van der Waals surface area contributed by atoms with Gasteiger partial charge in [0.05, 0.1) is 30.9 Å². The van der Waals surface area contributed by atoms with Crippen molar-refractivity contribution in [3.05, 3.63) is 47.9 Å². The van der Waals surface area contributed by atoms with Crippen LogP contribution in [0.3, 0.4) is 0 Å². The van der Waals surface area contributed by atoms with Crippen molar-refractivity contribution < 1.29 is 9.53 Å². The van der Waals surface area contributed by atoms with Gasteiger partial charge in [-0.2, -0.15) is 10.2 Å². The Bertz CT molecular complexity index is 1090. The van der Waals surface area contributed by atoms with Gasteiger partial charge in [0.1, 0.15) is 11.8 Å². The predicted octanol–water partition coefficient (Wildman–Crippen LogP) is 3.39. The van der Waals surface area contributed by atoms with E-state index < -0.39 is 0 Å². The predicted molar refractivity (Wildman–Crippen MR) is 124 cm³/mol. The summed E-state index contributed by atoms with van der Waals surface area (Å²) < 4.78 is 5.44. The van der Waals surface area contributed by atoms with Crippen LogP contribution in [0, 0.1) is 17.2 Å². The van der Waals surface area contributed by atoms with Crippen molar-refractivity contribution in [2.45, 2.75) is 43.2 Å². The summed E-state index contributed by atoms with van der Waals surface area (Å²) in [6.07, 6.45) is 6.88. The molecule has 1 aromatic carbocycles. The molecule has 2 aliphatic carbocycles. The third kappa shape index (κ3) is 3.34. The number of aromatic nitrogens is 2. The zero-order chi connectivity index (χ0) is 23.2. The summed E-state index contributed by atoms with van der Waals surface area (Å²) in [5.41, 5.74) is 1.44. The Kier molecular flexibility index (Phi) is 5.25. The molecule has 2 saturated carbocycles. The van der Waals surface area contributed by atoms with Gasteiger partial charge in [0.2, 0.25) is 11.7 Å². The van der Waals surface area contributed by atoms with Crippen LogP contribution >= 0.6 is 0 Å². The SMILES string of the molecule is COc1nc(C#N)ncc1N1C[C@]2(C[C@@](c3ccccc3)(N(C)C)C2)N(CC2CCC2)C1=O. The molecule has 1 aromatic heterocycles. The molecule has 1 saturated heterocycles. The number of benzene rings is 1. The van der Waals surface area contributed by atoms with Crippen molar-refractivity contribution in [2.75, 3.05) is 39.2 Å². The number of carbonyl (C=O) groups excluding carboxylic acids is 1. The minimum Gasteiger partial charge on any atom is -0.479 e. The fourth-order valence-corrected chi connectivity index (χ4v) is 5.81. The highest BCUT2D eigenvalue weighted by atomic mass is 16.5. The Morgan fingerprint density at radius 2 is 1.97 bits per heavy atom. The van der Waals surface area contributed by atoms with Gasteiger partial charge in [-0.25, -0.2) is 9.78 Å². The van der Waals surface area contributed by atoms with E-state index in [0.29, 0.717) is 18.2 Å². The number of methoxy groups -OCH3 is 1. The number of ether oxygens (including phenoxy) is 1. The first kappa shape index (κ1) is 21.7. The second-order valence-corrected chi connectivity index (χ2v) is 9.85. The molecule has 2 amide bonds. The van der Waals surface area contributed by atoms with Gasteiger partial charge in [0.25, 0.3) is 0 Å². The van der Waals surface area contributed by atoms with Gasteiger partial charge in [-0.05, 0) is 51.3 Å². The van der Waals surface area contributed by atoms with Gasteiger partial charge >= 0.3 is 6.03 Å². The summed E-state index contributed by atoms with van der Waals surface area (Å²) in [6.45, 7) is 1.35. The molecule has 3 aliphatic rings. The quantitative estimate of drug-likeness (QED) is 0.676. The topological polar surface area (TPSA) is 85.6 Å². The fourth-order valence-electron chi connectivity index (χ4n) is 5.81. The fraction of sp³-hybridized carbons (Fsp3) is 0.520. The summed E-state index contributed by atoms with van der Waals surface area (Å²) in [5, 5.41) is 9.16. The average molecular weight is 447 g/mol. The van der Waals surface area contributed by atoms with Crippen LogP contribution in [0.25, 0.3) is 0 Å². The lowest BCUT2D eigenvalue weighted by molar-refractivity contribution is -0.0728. The molecule has 5 rings (SSSR count). The molecule has 1 spiro atoms. The number of nitriles is 1. The van der Waals surface area contributed by atoms with E-state index in [1.165, 1.54) is 38.1 Å². The first-order valence-electron chi connectivity index (χ1n) is 11.6. The molecule has 3 fully saturated rings. The van der Waals surface area contributed by atoms with Gasteiger partial charge in [0, 0.05) is 6.54 Å². The van der Waals surface area contributed by atoms with E-state index in [1.54, 1.807) is 4.90 Å². The molecule has 33 heavy (non-hydrogen) atoms. The number of carbonyl (C=O) groups is 1. The second kappa shape index (κ2) is 7.99. The molecular formula is C25H30N6O2. The van der Waals surface area contributed by atoms with E-state index in [2.05, 4.69) is 58.1 Å². The molecule has 0 unspecified atom stereocenters. The highest BCUT2D eigenvalue weighted by molar-refractivity contribution is 5.96. The first-order chi connectivity index (χ1) is 15.9. The van der Waals surface area contributed by atoms with Crippen molar-refractivity contribution >= 4 is 11.7 Å². The lowest BCUT2D eigenvalue weighted by atomic mass is 9.58. The standard InChI is InChI=1S/C25H30N6O2/c1-29(2)25(19-10-5-4-6-11-19)15-24(16-25)17-30(23(32)31(24)14-18-8-7-9-18)20-13-27-21(12-26)28-22(20)33-3/h4-6,10-11,13,18H,7-9,14-17H2,1-3H3/t24-,25-. The van der Waals surface area contributed by atoms with Gasteiger partial charge in [0.15, 0.2) is 0 Å². The third-order valence-corrected chi connectivity index (χ3v) is 7.88. The Morgan fingerprint density at radius 1 is 1.24 bits per heavy atom. The third-order valence-electron chi connectivity index (χ3n) is 7.88. The molecule has 172 valence electrons. The smallest absolute Gasteiger partial charge is 0.325 e. The van der Waals surface area contributed by atoms with Crippen LogP contribution in [0.5, 0.6) is 5.88 Å². The van der Waals surface area contributed by atoms with E-state index in [1.807, 2.05) is 12.1 Å². The van der Waals surface area contributed by atoms with Gasteiger partial charge in [-0.3, -0.25) is 9.80 Å². The Balaban J connectivity index is 1.50. The molecule has 0 N–H and O–H groups in total. The Labute approximate surface area is 194 Å². The summed E-state index contributed by atoms with van der Waals surface area (Å²) in [4.78, 5) is 28.3. The van der Waals surface area contributed by atoms with E-state index in [-0.39, 0.29) is 28.8 Å². The van der Waals surface area contributed by atoms with Crippen molar-refractivity contribution in [3.8, 4) is 11.9 Å². The van der Waals surface area contributed by atoms with E-state index in [0.717, 1.165) is 19.4 Å². The molecular weight excluding hydrogens is 416 g/mol. The normalized spacial score (nSPS) is 26.9. The summed E-state index contributed by atoms with van der Waals surface area (Å²) >= 11 is 0. The monoisotopic (exact) mass is 446 g/mol. The Morgan fingerprint density at radius 3 is 2.55 bits per heavy atom. The molecule has 0 atom stereocenters. The minimum atomic E-state index is -0.258. The highest BCUT2D eigenvalue weighted by Crippen LogP contribution is 2.57. The average Bonchev–Trinajstić information content (AvgIpc) is 3.06. The number of amides is 2. The summed E-state index contributed by atoms with van der Waals surface area (Å²) in [5.74, 6) is 0.857. The molecule has 1 aliphatic heterocycles. The number of anilines is 1. The highest BCUT2D eigenvalue weighted by Gasteiger charge is 2.65. The van der Waals surface area contributed by atoms with Crippen LogP contribution in [0.4, 0.5) is 10.5 Å². The van der Waals surface area contributed by atoms with Gasteiger partial charge in [-0.15, -0.1) is 0 Å². The number of rotatable bonds is 6. The van der Waals surface area contributed by atoms with Crippen molar-refractivity contribution in [1.82, 2.24) is 19.8 Å². The zero-order valence-corrected chi connectivity index (χ0v) is 19.5. The number of hydrogen-bond donors (Lipinski definition) is 0. The lowest BCUT2D eigenvalue weighted by Gasteiger charge is -2.61. The van der Waals surface area contributed by atoms with Crippen LogP contribution in [-0.4, -0.2) is 65.6 Å². The maximum absolute atomic E-state index is 13.8. The van der Waals surface area contributed by atoms with Crippen molar-refractivity contribution in [1.29, 1.82) is 5.26 Å². The molecule has 8 nitrogen and oxygen atoms in total. The number of nitrogens with zero attached hydrogens (tertiary/aromatic N) is 6. The van der Waals surface area contributed by atoms with Crippen LogP contribution in [0.2, 0.25) is 0 Å². The van der Waals surface area contributed by atoms with Gasteiger partial charge < -0.3 is 9.64 Å². The molecule has 0 radical (unpaired) electrons. The minimum absolute atomic E-state index is 0.0195. The maximum Gasteiger partial charge on any atom is 0.325 e. The Hall–Kier alpha value is -3.18. The van der Waals surface area contributed by atoms with E-state index in [9.17, 15) is 4.79 Å². The molecule has 8 heteroatoms. The second-order valence-electron chi connectivity index (χ2n) is 9.85. The van der Waals surface area contributed by atoms with Crippen LogP contribution in [0.1, 0.15) is 43.5 Å². The van der Waals surface area contributed by atoms with Gasteiger partial charge in [-0.1, -0.05) is 36.8 Å². The van der Waals surface area contributed by atoms with Crippen LogP contribution < -0.4 is 9.64 Å². The zero-order valence-electron chi connectivity index (χ0n) is 19.5. The number of hydrogen-bond acceptors (Lipinski definition) is 6. The first-order valence-corrected chi connectivity index (χ1v) is 11.6. The molecule has 2 aromatic rings. The largest absolute Gasteiger partial charge is 0.479 e. The van der Waals surface area contributed by atoms with E-state index >= 15 is 0 Å².